The number of benzene rings is 1. The summed E-state index contributed by atoms with van der Waals surface area (Å²) in [4.78, 5) is 31.2. The van der Waals surface area contributed by atoms with Gasteiger partial charge in [-0.3, -0.25) is 9.78 Å². The molecule has 6 nitrogen and oxygen atoms in total. The molecular formula is C28H28N2O4. The van der Waals surface area contributed by atoms with Crippen molar-refractivity contribution >= 4 is 22.7 Å². The molecular weight excluding hydrogens is 428 g/mol. The van der Waals surface area contributed by atoms with Crippen LogP contribution in [0.3, 0.4) is 0 Å². The molecule has 3 aromatic heterocycles. The van der Waals surface area contributed by atoms with E-state index in [0.29, 0.717) is 17.7 Å². The van der Waals surface area contributed by atoms with Gasteiger partial charge in [0, 0.05) is 28.0 Å². The monoisotopic (exact) mass is 456 g/mol. The largest absolute Gasteiger partial charge is 0.467 e. The molecule has 5 rings (SSSR count). The minimum Gasteiger partial charge on any atom is -0.467 e. The van der Waals surface area contributed by atoms with Crippen molar-refractivity contribution in [1.82, 2.24) is 9.55 Å². The van der Waals surface area contributed by atoms with Crippen molar-refractivity contribution in [2.24, 2.45) is 0 Å². The summed E-state index contributed by atoms with van der Waals surface area (Å²) in [6, 6.07) is 13.3. The molecule has 0 aliphatic heterocycles. The summed E-state index contributed by atoms with van der Waals surface area (Å²) in [6.45, 7) is 4.11. The van der Waals surface area contributed by atoms with E-state index in [9.17, 15) is 9.59 Å². The SMILES string of the molecule is Cc1cc(C(=O)COC(=O)c2c3c(nc4ccccc24)CCCCC3)c(C)n1Cc1ccco1. The van der Waals surface area contributed by atoms with Gasteiger partial charge in [-0.2, -0.15) is 0 Å². The smallest absolute Gasteiger partial charge is 0.339 e. The molecule has 34 heavy (non-hydrogen) atoms. The van der Waals surface area contributed by atoms with Crippen LogP contribution < -0.4 is 0 Å². The third-order valence-electron chi connectivity index (χ3n) is 6.73. The highest BCUT2D eigenvalue weighted by atomic mass is 16.5. The Kier molecular flexibility index (Phi) is 6.05. The van der Waals surface area contributed by atoms with E-state index in [4.69, 9.17) is 14.1 Å². The van der Waals surface area contributed by atoms with Gasteiger partial charge >= 0.3 is 5.97 Å². The number of nitrogens with zero attached hydrogens (tertiary/aromatic N) is 2. The lowest BCUT2D eigenvalue weighted by Gasteiger charge is -2.15. The summed E-state index contributed by atoms with van der Waals surface area (Å²) in [6.07, 6.45) is 6.51. The Morgan fingerprint density at radius 3 is 2.71 bits per heavy atom. The van der Waals surface area contributed by atoms with Gasteiger partial charge in [0.2, 0.25) is 5.78 Å². The van der Waals surface area contributed by atoms with Crippen LogP contribution in [0.2, 0.25) is 0 Å². The minimum atomic E-state index is -0.450. The van der Waals surface area contributed by atoms with E-state index >= 15 is 0 Å². The standard InChI is InChI=1S/C28H28N2O4/c1-18-15-23(19(2)30(18)16-20-9-8-14-33-20)26(31)17-34-28(32)27-21-10-4-3-5-12-24(21)29-25-13-7-6-11-22(25)27/h6-9,11,13-15H,3-5,10,12,16-17H2,1-2H3. The van der Waals surface area contributed by atoms with Crippen LogP contribution in [0.15, 0.2) is 53.1 Å². The van der Waals surface area contributed by atoms with Gasteiger partial charge in [0.25, 0.3) is 0 Å². The Morgan fingerprint density at radius 2 is 1.88 bits per heavy atom. The molecule has 0 radical (unpaired) electrons. The summed E-state index contributed by atoms with van der Waals surface area (Å²) < 4.78 is 13.1. The fourth-order valence-electron chi connectivity index (χ4n) is 4.95. The maximum Gasteiger partial charge on any atom is 0.339 e. The molecule has 0 spiro atoms. The minimum absolute atomic E-state index is 0.211. The lowest BCUT2D eigenvalue weighted by atomic mass is 9.97. The third kappa shape index (κ3) is 4.16. The Hall–Kier alpha value is -3.67. The second-order valence-electron chi connectivity index (χ2n) is 8.94. The zero-order valence-corrected chi connectivity index (χ0v) is 19.6. The van der Waals surface area contributed by atoms with E-state index in [-0.39, 0.29) is 12.4 Å². The second-order valence-corrected chi connectivity index (χ2v) is 8.94. The average Bonchev–Trinajstić information content (AvgIpc) is 3.37. The number of hydrogen-bond acceptors (Lipinski definition) is 5. The Bertz CT molecular complexity index is 1370. The fourth-order valence-corrected chi connectivity index (χ4v) is 4.95. The van der Waals surface area contributed by atoms with Crippen LogP contribution in [0.4, 0.5) is 0 Å². The molecule has 4 aromatic rings. The fraction of sp³-hybridized carbons (Fsp3) is 0.321. The zero-order chi connectivity index (χ0) is 23.7. The van der Waals surface area contributed by atoms with Crippen molar-refractivity contribution in [2.45, 2.75) is 52.5 Å². The summed E-state index contributed by atoms with van der Waals surface area (Å²) >= 11 is 0. The first-order valence-corrected chi connectivity index (χ1v) is 11.8. The average molecular weight is 457 g/mol. The van der Waals surface area contributed by atoms with Gasteiger partial charge in [0.1, 0.15) is 5.76 Å². The molecule has 1 aromatic carbocycles. The van der Waals surface area contributed by atoms with E-state index in [2.05, 4.69) is 0 Å². The Morgan fingerprint density at radius 1 is 1.06 bits per heavy atom. The summed E-state index contributed by atoms with van der Waals surface area (Å²) in [7, 11) is 0. The van der Waals surface area contributed by atoms with Crippen LogP contribution in [-0.4, -0.2) is 27.9 Å². The number of ether oxygens (including phenoxy) is 1. The number of ketones is 1. The molecule has 0 amide bonds. The number of carbonyl (C=O) groups excluding carboxylic acids is 2. The van der Waals surface area contributed by atoms with Gasteiger partial charge in [-0.15, -0.1) is 0 Å². The lowest BCUT2D eigenvalue weighted by molar-refractivity contribution is 0.0475. The highest BCUT2D eigenvalue weighted by Gasteiger charge is 2.24. The maximum absolute atomic E-state index is 13.3. The highest BCUT2D eigenvalue weighted by Crippen LogP contribution is 2.29. The van der Waals surface area contributed by atoms with Crippen molar-refractivity contribution in [1.29, 1.82) is 0 Å². The number of pyridine rings is 1. The normalized spacial score (nSPS) is 13.5. The molecule has 3 heterocycles. The first-order valence-electron chi connectivity index (χ1n) is 11.8. The van der Waals surface area contributed by atoms with Crippen LogP contribution in [0.25, 0.3) is 10.9 Å². The zero-order valence-electron chi connectivity index (χ0n) is 19.6. The van der Waals surface area contributed by atoms with E-state index in [1.54, 1.807) is 6.26 Å². The predicted octanol–water partition coefficient (Wildman–Crippen LogP) is 5.60. The number of fused-ring (bicyclic) bond motifs is 2. The van der Waals surface area contributed by atoms with Gasteiger partial charge in [-0.1, -0.05) is 24.6 Å². The first kappa shape index (κ1) is 22.1. The number of Topliss-reactive ketones (excluding diaryl/α,β-unsaturated/α-hetero) is 1. The molecule has 0 saturated heterocycles. The Labute approximate surface area is 198 Å². The van der Waals surface area contributed by atoms with Gasteiger partial charge in [0.05, 0.1) is 23.9 Å². The number of rotatable bonds is 6. The van der Waals surface area contributed by atoms with Crippen molar-refractivity contribution in [3.05, 3.63) is 88.3 Å². The number of esters is 1. The van der Waals surface area contributed by atoms with Crippen molar-refractivity contribution in [3.63, 3.8) is 0 Å². The molecule has 0 N–H and O–H groups in total. The number of para-hydroxylation sites is 1. The van der Waals surface area contributed by atoms with Crippen molar-refractivity contribution in [3.8, 4) is 0 Å². The molecule has 0 atom stereocenters. The van der Waals surface area contributed by atoms with E-state index in [0.717, 1.165) is 71.4 Å². The van der Waals surface area contributed by atoms with Crippen LogP contribution in [-0.2, 0) is 24.1 Å². The van der Waals surface area contributed by atoms with Crippen molar-refractivity contribution < 1.29 is 18.7 Å². The van der Waals surface area contributed by atoms with Crippen LogP contribution >= 0.6 is 0 Å². The summed E-state index contributed by atoms with van der Waals surface area (Å²) in [5.41, 5.74) is 5.67. The molecule has 6 heteroatoms. The number of aryl methyl sites for hydroxylation is 2. The van der Waals surface area contributed by atoms with E-state index in [1.807, 2.05) is 60.9 Å². The first-order chi connectivity index (χ1) is 16.5. The molecule has 1 aliphatic rings. The van der Waals surface area contributed by atoms with Gasteiger partial charge in [0.15, 0.2) is 6.61 Å². The lowest BCUT2D eigenvalue weighted by Crippen LogP contribution is -2.18. The van der Waals surface area contributed by atoms with Gasteiger partial charge in [-0.05, 0) is 69.4 Å². The quantitative estimate of drug-likeness (QED) is 0.214. The van der Waals surface area contributed by atoms with Gasteiger partial charge in [-0.25, -0.2) is 4.79 Å². The molecule has 0 unspecified atom stereocenters. The topological polar surface area (TPSA) is 74.3 Å². The van der Waals surface area contributed by atoms with Gasteiger partial charge < -0.3 is 13.7 Å². The number of hydrogen-bond donors (Lipinski definition) is 0. The van der Waals surface area contributed by atoms with Crippen molar-refractivity contribution in [2.75, 3.05) is 6.61 Å². The molecule has 0 bridgehead atoms. The number of carbonyl (C=O) groups is 2. The van der Waals surface area contributed by atoms with E-state index < -0.39 is 5.97 Å². The Balaban J connectivity index is 1.39. The predicted molar refractivity (Wildman–Crippen MR) is 129 cm³/mol. The van der Waals surface area contributed by atoms with E-state index in [1.165, 1.54) is 0 Å². The number of furan rings is 1. The molecule has 174 valence electrons. The molecule has 0 saturated carbocycles. The number of aromatic nitrogens is 2. The third-order valence-corrected chi connectivity index (χ3v) is 6.73. The maximum atomic E-state index is 13.3. The summed E-state index contributed by atoms with van der Waals surface area (Å²) in [5.74, 6) is 0.156. The molecule has 0 fully saturated rings. The molecule has 1 aliphatic carbocycles. The summed E-state index contributed by atoms with van der Waals surface area (Å²) in [5, 5.41) is 0.789. The van der Waals surface area contributed by atoms with Crippen LogP contribution in [0, 0.1) is 13.8 Å². The second kappa shape index (κ2) is 9.29. The van der Waals surface area contributed by atoms with Crippen LogP contribution in [0.1, 0.15) is 68.4 Å². The van der Waals surface area contributed by atoms with Crippen LogP contribution in [0.5, 0.6) is 0 Å². The highest BCUT2D eigenvalue weighted by molar-refractivity contribution is 6.06.